The van der Waals surface area contributed by atoms with Gasteiger partial charge in [0, 0.05) is 19.6 Å². The van der Waals surface area contributed by atoms with E-state index in [0.29, 0.717) is 24.6 Å². The Morgan fingerprint density at radius 1 is 1.26 bits per heavy atom. The Hall–Kier alpha value is -1.07. The van der Waals surface area contributed by atoms with Gasteiger partial charge in [0.15, 0.2) is 0 Å². The van der Waals surface area contributed by atoms with E-state index in [4.69, 9.17) is 0 Å². The zero-order valence-electron chi connectivity index (χ0n) is 10.6. The van der Waals surface area contributed by atoms with Gasteiger partial charge in [-0.25, -0.2) is 0 Å². The fraction of sp³-hybridized carbons (Fsp3) is 0.571. The van der Waals surface area contributed by atoms with Crippen LogP contribution in [0.4, 0.5) is 13.2 Å². The highest BCUT2D eigenvalue weighted by molar-refractivity contribution is 5.39. The van der Waals surface area contributed by atoms with Crippen LogP contribution in [-0.2, 0) is 19.3 Å². The van der Waals surface area contributed by atoms with Crippen LogP contribution in [0.2, 0.25) is 0 Å². The average Bonchev–Trinajstić information content (AvgIpc) is 2.95. The molecular weight excluding hydrogens is 253 g/mol. The fourth-order valence-electron chi connectivity index (χ4n) is 3.12. The van der Waals surface area contributed by atoms with Crippen LogP contribution in [-0.4, -0.2) is 24.5 Å². The van der Waals surface area contributed by atoms with Crippen molar-refractivity contribution in [1.29, 1.82) is 0 Å². The number of halogens is 3. The molecule has 2 nitrogen and oxygen atoms in total. The summed E-state index contributed by atoms with van der Waals surface area (Å²) in [6.45, 7) is 3.98. The summed E-state index contributed by atoms with van der Waals surface area (Å²) in [5.41, 5.74) is 0.846. The largest absolute Gasteiger partial charge is 0.416 e. The van der Waals surface area contributed by atoms with Crippen molar-refractivity contribution < 1.29 is 13.2 Å². The molecule has 1 unspecified atom stereocenters. The maximum atomic E-state index is 12.9. The highest BCUT2D eigenvalue weighted by Crippen LogP contribution is 2.37. The molecule has 1 aromatic rings. The second-order valence-electron chi connectivity index (χ2n) is 5.47. The number of fused-ring (bicyclic) bond motifs is 1. The van der Waals surface area contributed by atoms with Crippen molar-refractivity contribution in [2.24, 2.45) is 5.92 Å². The van der Waals surface area contributed by atoms with E-state index in [1.54, 1.807) is 0 Å². The fourth-order valence-corrected chi connectivity index (χ4v) is 3.12. The molecule has 0 saturated carbocycles. The summed E-state index contributed by atoms with van der Waals surface area (Å²) in [5, 5.41) is 3.30. The van der Waals surface area contributed by atoms with Crippen molar-refractivity contribution in [2.75, 3.05) is 19.6 Å². The third-order valence-corrected chi connectivity index (χ3v) is 4.03. The molecule has 2 aliphatic rings. The van der Waals surface area contributed by atoms with Crippen molar-refractivity contribution in [2.45, 2.75) is 25.7 Å². The summed E-state index contributed by atoms with van der Waals surface area (Å²) >= 11 is 0. The molecule has 0 spiro atoms. The quantitative estimate of drug-likeness (QED) is 0.888. The Morgan fingerprint density at radius 2 is 2.11 bits per heavy atom. The Morgan fingerprint density at radius 3 is 2.79 bits per heavy atom. The first-order valence-electron chi connectivity index (χ1n) is 6.65. The summed E-state index contributed by atoms with van der Waals surface area (Å²) in [7, 11) is 0. The molecule has 1 atom stereocenters. The summed E-state index contributed by atoms with van der Waals surface area (Å²) in [6, 6.07) is 4.53. The third kappa shape index (κ3) is 2.62. The second kappa shape index (κ2) is 4.80. The number of hydrogen-bond donors (Lipinski definition) is 1. The first-order chi connectivity index (χ1) is 9.04. The maximum Gasteiger partial charge on any atom is 0.416 e. The van der Waals surface area contributed by atoms with Gasteiger partial charge in [0.25, 0.3) is 0 Å². The summed E-state index contributed by atoms with van der Waals surface area (Å²) in [6.07, 6.45) is -3.12. The van der Waals surface area contributed by atoms with Gasteiger partial charge in [-0.1, -0.05) is 12.1 Å². The third-order valence-electron chi connectivity index (χ3n) is 4.03. The van der Waals surface area contributed by atoms with Crippen LogP contribution < -0.4 is 5.32 Å². The standard InChI is InChI=1S/C14H17F3N2/c15-14(16,17)13-3-1-2-11-8-19(9-12(11)13)7-10-4-5-18-6-10/h1-3,10,18H,4-9H2. The van der Waals surface area contributed by atoms with E-state index in [9.17, 15) is 13.2 Å². The van der Waals surface area contributed by atoms with Crippen molar-refractivity contribution in [1.82, 2.24) is 10.2 Å². The summed E-state index contributed by atoms with van der Waals surface area (Å²) in [4.78, 5) is 2.14. The molecule has 1 fully saturated rings. The predicted molar refractivity (Wildman–Crippen MR) is 66.5 cm³/mol. The number of hydrogen-bond acceptors (Lipinski definition) is 2. The monoisotopic (exact) mass is 270 g/mol. The summed E-state index contributed by atoms with van der Waals surface area (Å²) in [5.74, 6) is 0.573. The zero-order valence-corrected chi connectivity index (χ0v) is 10.6. The Kier molecular flexibility index (Phi) is 3.27. The van der Waals surface area contributed by atoms with E-state index in [1.807, 2.05) is 6.07 Å². The number of nitrogens with zero attached hydrogens (tertiary/aromatic N) is 1. The van der Waals surface area contributed by atoms with Gasteiger partial charge in [0.2, 0.25) is 0 Å². The number of alkyl halides is 3. The topological polar surface area (TPSA) is 15.3 Å². The van der Waals surface area contributed by atoms with E-state index < -0.39 is 11.7 Å². The molecule has 1 aromatic carbocycles. The number of rotatable bonds is 2. The molecule has 1 saturated heterocycles. The Bertz CT molecular complexity index is 464. The molecular formula is C14H17F3N2. The molecule has 19 heavy (non-hydrogen) atoms. The van der Waals surface area contributed by atoms with E-state index in [0.717, 1.165) is 31.6 Å². The Balaban J connectivity index is 1.76. The minimum Gasteiger partial charge on any atom is -0.316 e. The molecule has 5 heteroatoms. The lowest BCUT2D eigenvalue weighted by Gasteiger charge is -2.19. The highest BCUT2D eigenvalue weighted by Gasteiger charge is 2.36. The minimum absolute atomic E-state index is 0.432. The lowest BCUT2D eigenvalue weighted by Crippen LogP contribution is -2.26. The van der Waals surface area contributed by atoms with E-state index in [2.05, 4.69) is 10.2 Å². The minimum atomic E-state index is -4.24. The van der Waals surface area contributed by atoms with Crippen LogP contribution in [0.25, 0.3) is 0 Å². The molecule has 2 aliphatic heterocycles. The van der Waals surface area contributed by atoms with Gasteiger partial charge in [-0.05, 0) is 42.6 Å². The number of benzene rings is 1. The highest BCUT2D eigenvalue weighted by atomic mass is 19.4. The van der Waals surface area contributed by atoms with Gasteiger partial charge in [-0.15, -0.1) is 0 Å². The Labute approximate surface area is 110 Å². The SMILES string of the molecule is FC(F)(F)c1cccc2c1CN(CC1CCNC1)C2. The van der Waals surface area contributed by atoms with Crippen LogP contribution in [0.15, 0.2) is 18.2 Å². The normalized spacial score (nSPS) is 23.8. The van der Waals surface area contributed by atoms with E-state index >= 15 is 0 Å². The van der Waals surface area contributed by atoms with Crippen LogP contribution in [0.1, 0.15) is 23.1 Å². The summed E-state index contributed by atoms with van der Waals surface area (Å²) < 4.78 is 38.8. The van der Waals surface area contributed by atoms with Crippen molar-refractivity contribution in [3.8, 4) is 0 Å². The van der Waals surface area contributed by atoms with Gasteiger partial charge in [-0.3, -0.25) is 4.90 Å². The van der Waals surface area contributed by atoms with Crippen LogP contribution in [0, 0.1) is 5.92 Å². The average molecular weight is 270 g/mol. The van der Waals surface area contributed by atoms with Gasteiger partial charge < -0.3 is 5.32 Å². The van der Waals surface area contributed by atoms with Crippen LogP contribution >= 0.6 is 0 Å². The molecule has 0 aliphatic carbocycles. The van der Waals surface area contributed by atoms with Crippen molar-refractivity contribution >= 4 is 0 Å². The van der Waals surface area contributed by atoms with E-state index in [-0.39, 0.29) is 0 Å². The van der Waals surface area contributed by atoms with Gasteiger partial charge in [-0.2, -0.15) is 13.2 Å². The van der Waals surface area contributed by atoms with Crippen molar-refractivity contribution in [3.05, 3.63) is 34.9 Å². The maximum absolute atomic E-state index is 12.9. The molecule has 0 bridgehead atoms. The first kappa shape index (κ1) is 12.9. The molecule has 0 aromatic heterocycles. The van der Waals surface area contributed by atoms with Gasteiger partial charge in [0.1, 0.15) is 0 Å². The molecule has 1 N–H and O–H groups in total. The van der Waals surface area contributed by atoms with Crippen LogP contribution in [0.5, 0.6) is 0 Å². The van der Waals surface area contributed by atoms with Gasteiger partial charge in [0.05, 0.1) is 5.56 Å². The van der Waals surface area contributed by atoms with Crippen LogP contribution in [0.3, 0.4) is 0 Å². The first-order valence-corrected chi connectivity index (χ1v) is 6.65. The lowest BCUT2D eigenvalue weighted by molar-refractivity contribution is -0.138. The molecule has 2 heterocycles. The molecule has 104 valence electrons. The van der Waals surface area contributed by atoms with Gasteiger partial charge >= 0.3 is 6.18 Å². The second-order valence-corrected chi connectivity index (χ2v) is 5.47. The molecule has 0 radical (unpaired) electrons. The predicted octanol–water partition coefficient (Wildman–Crippen LogP) is 2.63. The lowest BCUT2D eigenvalue weighted by atomic mass is 10.0. The number of nitrogens with one attached hydrogen (secondary N) is 1. The molecule has 3 rings (SSSR count). The van der Waals surface area contributed by atoms with Crippen molar-refractivity contribution in [3.63, 3.8) is 0 Å². The van der Waals surface area contributed by atoms with E-state index in [1.165, 1.54) is 12.1 Å². The smallest absolute Gasteiger partial charge is 0.316 e. The molecule has 0 amide bonds. The zero-order chi connectivity index (χ0) is 13.5.